The molecule has 9 heteroatoms. The van der Waals surface area contributed by atoms with Gasteiger partial charge in [-0.15, -0.1) is 0 Å². The Bertz CT molecular complexity index is 944. The Kier molecular flexibility index (Phi) is 5.26. The van der Waals surface area contributed by atoms with E-state index in [-0.39, 0.29) is 17.4 Å². The molecular formula is C17H15ClN2O5S. The molecule has 7 nitrogen and oxygen atoms in total. The van der Waals surface area contributed by atoms with Crippen LogP contribution in [0.4, 0.5) is 5.69 Å². The number of ether oxygens (including phenoxy) is 1. The predicted octanol–water partition coefficient (Wildman–Crippen LogP) is 2.19. The van der Waals surface area contributed by atoms with Crippen LogP contribution in [0.25, 0.3) is 0 Å². The van der Waals surface area contributed by atoms with E-state index in [1.807, 2.05) is 0 Å². The fraction of sp³-hybridized carbons (Fsp3) is 0.176. The number of nitrogens with one attached hydrogen (secondary N) is 2. The fourth-order valence-electron chi connectivity index (χ4n) is 2.41. The number of sulfonamides is 1. The zero-order valence-electron chi connectivity index (χ0n) is 13.4. The summed E-state index contributed by atoms with van der Waals surface area (Å²) in [5.41, 5.74) is 0.810. The van der Waals surface area contributed by atoms with Gasteiger partial charge < -0.3 is 10.1 Å². The van der Waals surface area contributed by atoms with Crippen molar-refractivity contribution in [2.24, 2.45) is 0 Å². The molecule has 2 aromatic rings. The van der Waals surface area contributed by atoms with E-state index in [4.69, 9.17) is 16.3 Å². The average Bonchev–Trinajstić information content (AvgIpc) is 2.99. The molecule has 3 rings (SSSR count). The Balaban J connectivity index is 1.70. The first kappa shape index (κ1) is 18.4. The fourth-order valence-corrected chi connectivity index (χ4v) is 3.82. The smallest absolute Gasteiger partial charge is 0.324 e. The van der Waals surface area contributed by atoms with Crippen LogP contribution in [0.3, 0.4) is 0 Å². The molecule has 0 aliphatic carbocycles. The summed E-state index contributed by atoms with van der Waals surface area (Å²) in [4.78, 5) is 23.6. The largest absolute Gasteiger partial charge is 0.464 e. The molecule has 136 valence electrons. The third-order valence-corrected chi connectivity index (χ3v) is 5.46. The second kappa shape index (κ2) is 7.45. The summed E-state index contributed by atoms with van der Waals surface area (Å²) in [7, 11) is -3.86. The molecule has 1 heterocycles. The third kappa shape index (κ3) is 4.21. The van der Waals surface area contributed by atoms with Crippen molar-refractivity contribution in [3.05, 3.63) is 59.1 Å². The monoisotopic (exact) mass is 394 g/mol. The minimum absolute atomic E-state index is 0.0158. The summed E-state index contributed by atoms with van der Waals surface area (Å²) in [6, 6.07) is 11.2. The molecule has 26 heavy (non-hydrogen) atoms. The molecule has 1 unspecified atom stereocenters. The SMILES string of the molecule is O=C(Nc1ccc(S(=O)(=O)NC2CCOC2=O)cc1)c1cccc(Cl)c1. The van der Waals surface area contributed by atoms with Gasteiger partial charge in [-0.05, 0) is 42.5 Å². The number of anilines is 1. The van der Waals surface area contributed by atoms with Gasteiger partial charge in [-0.25, -0.2) is 8.42 Å². The molecule has 0 bridgehead atoms. The van der Waals surface area contributed by atoms with Crippen LogP contribution in [0, 0.1) is 0 Å². The normalized spacial score (nSPS) is 17.0. The molecule has 0 aromatic heterocycles. The maximum atomic E-state index is 12.3. The maximum Gasteiger partial charge on any atom is 0.324 e. The van der Waals surface area contributed by atoms with Gasteiger partial charge in [0.15, 0.2) is 0 Å². The lowest BCUT2D eigenvalue weighted by molar-refractivity contribution is -0.139. The van der Waals surface area contributed by atoms with E-state index in [0.717, 1.165) is 0 Å². The molecule has 1 aliphatic rings. The topological polar surface area (TPSA) is 102 Å². The molecular weight excluding hydrogens is 380 g/mol. The minimum Gasteiger partial charge on any atom is -0.464 e. The first-order chi connectivity index (χ1) is 12.3. The van der Waals surface area contributed by atoms with E-state index in [2.05, 4.69) is 10.0 Å². The lowest BCUT2D eigenvalue weighted by Crippen LogP contribution is -2.37. The van der Waals surface area contributed by atoms with E-state index in [1.54, 1.807) is 18.2 Å². The summed E-state index contributed by atoms with van der Waals surface area (Å²) in [6.45, 7) is 0.195. The number of esters is 1. The van der Waals surface area contributed by atoms with E-state index in [0.29, 0.717) is 22.7 Å². The Hall–Kier alpha value is -2.42. The molecule has 1 saturated heterocycles. The highest BCUT2D eigenvalue weighted by molar-refractivity contribution is 7.89. The molecule has 1 amide bonds. The number of cyclic esters (lactones) is 1. The number of carbonyl (C=O) groups is 2. The number of hydrogen-bond acceptors (Lipinski definition) is 5. The van der Waals surface area contributed by atoms with Crippen LogP contribution < -0.4 is 10.0 Å². The van der Waals surface area contributed by atoms with Crippen LogP contribution in [0.1, 0.15) is 16.8 Å². The second-order valence-corrected chi connectivity index (χ2v) is 7.77. The van der Waals surface area contributed by atoms with Gasteiger partial charge >= 0.3 is 5.97 Å². The minimum atomic E-state index is -3.86. The van der Waals surface area contributed by atoms with Gasteiger partial charge in [-0.2, -0.15) is 4.72 Å². The second-order valence-electron chi connectivity index (χ2n) is 5.62. The third-order valence-electron chi connectivity index (χ3n) is 3.74. The number of benzene rings is 2. The summed E-state index contributed by atoms with van der Waals surface area (Å²) in [6.07, 6.45) is 0.297. The van der Waals surface area contributed by atoms with Gasteiger partial charge in [0.25, 0.3) is 5.91 Å². The highest BCUT2D eigenvalue weighted by atomic mass is 35.5. The Morgan fingerprint density at radius 3 is 2.50 bits per heavy atom. The molecule has 1 fully saturated rings. The first-order valence-electron chi connectivity index (χ1n) is 7.71. The van der Waals surface area contributed by atoms with Gasteiger partial charge in [0.05, 0.1) is 11.5 Å². The Morgan fingerprint density at radius 2 is 1.88 bits per heavy atom. The maximum absolute atomic E-state index is 12.3. The van der Waals surface area contributed by atoms with Gasteiger partial charge in [0, 0.05) is 22.7 Å². The number of hydrogen-bond donors (Lipinski definition) is 2. The van der Waals surface area contributed by atoms with Crippen molar-refractivity contribution >= 4 is 39.2 Å². The van der Waals surface area contributed by atoms with Crippen LogP contribution in [0.15, 0.2) is 53.4 Å². The van der Waals surface area contributed by atoms with Gasteiger partial charge in [-0.1, -0.05) is 17.7 Å². The summed E-state index contributed by atoms with van der Waals surface area (Å²) in [5, 5.41) is 3.10. The first-order valence-corrected chi connectivity index (χ1v) is 9.57. The van der Waals surface area contributed by atoms with Crippen LogP contribution in [0.5, 0.6) is 0 Å². The van der Waals surface area contributed by atoms with Crippen LogP contribution in [-0.4, -0.2) is 32.9 Å². The zero-order chi connectivity index (χ0) is 18.7. The molecule has 0 saturated carbocycles. The molecule has 0 spiro atoms. The van der Waals surface area contributed by atoms with Crippen molar-refractivity contribution in [3.8, 4) is 0 Å². The van der Waals surface area contributed by atoms with Gasteiger partial charge in [-0.3, -0.25) is 9.59 Å². The average molecular weight is 395 g/mol. The van der Waals surface area contributed by atoms with Crippen LogP contribution in [-0.2, 0) is 19.6 Å². The van der Waals surface area contributed by atoms with Crippen LogP contribution >= 0.6 is 11.6 Å². The molecule has 1 atom stereocenters. The lowest BCUT2D eigenvalue weighted by atomic mass is 10.2. The molecule has 2 N–H and O–H groups in total. The quantitative estimate of drug-likeness (QED) is 0.757. The lowest BCUT2D eigenvalue weighted by Gasteiger charge is -2.11. The number of carbonyl (C=O) groups excluding carboxylic acids is 2. The van der Waals surface area contributed by atoms with Crippen LogP contribution in [0.2, 0.25) is 5.02 Å². The highest BCUT2D eigenvalue weighted by Crippen LogP contribution is 2.18. The van der Waals surface area contributed by atoms with Gasteiger partial charge in [0.1, 0.15) is 6.04 Å². The van der Waals surface area contributed by atoms with E-state index in [1.165, 1.54) is 30.3 Å². The van der Waals surface area contributed by atoms with Crippen molar-refractivity contribution in [2.45, 2.75) is 17.4 Å². The molecule has 1 aliphatic heterocycles. The molecule has 0 radical (unpaired) electrons. The number of rotatable bonds is 5. The summed E-state index contributed by atoms with van der Waals surface area (Å²) < 4.78 is 31.7. The Morgan fingerprint density at radius 1 is 1.15 bits per heavy atom. The van der Waals surface area contributed by atoms with Crippen molar-refractivity contribution in [3.63, 3.8) is 0 Å². The number of halogens is 1. The van der Waals surface area contributed by atoms with Crippen molar-refractivity contribution in [2.75, 3.05) is 11.9 Å². The summed E-state index contributed by atoms with van der Waals surface area (Å²) >= 11 is 5.86. The number of amides is 1. The highest BCUT2D eigenvalue weighted by Gasteiger charge is 2.31. The summed E-state index contributed by atoms with van der Waals surface area (Å²) in [5.74, 6) is -0.950. The van der Waals surface area contributed by atoms with Crippen molar-refractivity contribution in [1.29, 1.82) is 0 Å². The van der Waals surface area contributed by atoms with E-state index < -0.39 is 22.0 Å². The predicted molar refractivity (Wildman–Crippen MR) is 95.5 cm³/mol. The standard InChI is InChI=1S/C17H15ClN2O5S/c18-12-3-1-2-11(10-12)16(21)19-13-4-6-14(7-5-13)26(23,24)20-15-8-9-25-17(15)22/h1-7,10,15,20H,8-9H2,(H,19,21). The Labute approximate surface area is 155 Å². The van der Waals surface area contributed by atoms with Crippen molar-refractivity contribution in [1.82, 2.24) is 4.72 Å². The van der Waals surface area contributed by atoms with E-state index in [9.17, 15) is 18.0 Å². The van der Waals surface area contributed by atoms with Gasteiger partial charge in [0.2, 0.25) is 10.0 Å². The molecule has 2 aromatic carbocycles. The van der Waals surface area contributed by atoms with E-state index >= 15 is 0 Å². The van der Waals surface area contributed by atoms with Crippen molar-refractivity contribution < 1.29 is 22.7 Å². The zero-order valence-corrected chi connectivity index (χ0v) is 15.0.